The van der Waals surface area contributed by atoms with Crippen molar-refractivity contribution in [2.24, 2.45) is 5.92 Å². The van der Waals surface area contributed by atoms with E-state index in [9.17, 15) is 4.79 Å². The summed E-state index contributed by atoms with van der Waals surface area (Å²) in [7, 11) is 0. The summed E-state index contributed by atoms with van der Waals surface area (Å²) in [6, 6.07) is 0.0410. The minimum absolute atomic E-state index is 0.0410. The van der Waals surface area contributed by atoms with Gasteiger partial charge in [0.2, 0.25) is 5.91 Å². The molecule has 0 saturated carbocycles. The van der Waals surface area contributed by atoms with Crippen LogP contribution >= 0.6 is 0 Å². The molecule has 116 valence electrons. The van der Waals surface area contributed by atoms with Crippen LogP contribution in [0.3, 0.4) is 0 Å². The van der Waals surface area contributed by atoms with Crippen molar-refractivity contribution in [1.29, 1.82) is 0 Å². The Kier molecular flexibility index (Phi) is 6.76. The maximum Gasteiger partial charge on any atom is 0.237 e. The van der Waals surface area contributed by atoms with Gasteiger partial charge in [0.05, 0.1) is 6.04 Å². The number of likely N-dealkylation sites (tertiary alicyclic amines) is 1. The molecule has 2 fully saturated rings. The second-order valence-electron chi connectivity index (χ2n) is 6.13. The van der Waals surface area contributed by atoms with Crippen LogP contribution in [0.4, 0.5) is 0 Å². The highest BCUT2D eigenvalue weighted by Gasteiger charge is 2.24. The largest absolute Gasteiger partial charge is 0.396 e. The Morgan fingerprint density at radius 2 is 2.20 bits per heavy atom. The molecule has 0 aromatic heterocycles. The lowest BCUT2D eigenvalue weighted by Gasteiger charge is -2.33. The standard InChI is InChI=1S/C15H29N3O2/c19-10-2-1-8-18-9-4-5-13(12-18)11-17-15(20)14-6-3-7-16-14/h13-14,16,19H,1-12H2,(H,17,20). The van der Waals surface area contributed by atoms with Crippen LogP contribution in [0.15, 0.2) is 0 Å². The fourth-order valence-electron chi connectivity index (χ4n) is 3.24. The molecule has 0 aliphatic carbocycles. The first kappa shape index (κ1) is 15.7. The van der Waals surface area contributed by atoms with E-state index in [-0.39, 0.29) is 11.9 Å². The number of carbonyl (C=O) groups excluding carboxylic acids is 1. The summed E-state index contributed by atoms with van der Waals surface area (Å²) in [5, 5.41) is 15.2. The zero-order valence-electron chi connectivity index (χ0n) is 12.4. The smallest absolute Gasteiger partial charge is 0.237 e. The lowest BCUT2D eigenvalue weighted by atomic mass is 9.97. The maximum atomic E-state index is 12.0. The van der Waals surface area contributed by atoms with Gasteiger partial charge >= 0.3 is 0 Å². The summed E-state index contributed by atoms with van der Waals surface area (Å²) >= 11 is 0. The van der Waals surface area contributed by atoms with Crippen LogP contribution in [0.25, 0.3) is 0 Å². The SMILES string of the molecule is O=C(NCC1CCCN(CCCCO)C1)C1CCCN1. The molecular formula is C15H29N3O2. The zero-order chi connectivity index (χ0) is 14.2. The second kappa shape index (κ2) is 8.60. The first-order chi connectivity index (χ1) is 9.79. The second-order valence-corrected chi connectivity index (χ2v) is 6.13. The number of amides is 1. The molecule has 0 aromatic carbocycles. The quantitative estimate of drug-likeness (QED) is 0.590. The molecule has 2 saturated heterocycles. The normalized spacial score (nSPS) is 27.6. The third kappa shape index (κ3) is 5.04. The number of carbonyl (C=O) groups is 1. The molecular weight excluding hydrogens is 254 g/mol. The van der Waals surface area contributed by atoms with Crippen molar-refractivity contribution < 1.29 is 9.90 Å². The van der Waals surface area contributed by atoms with E-state index in [0.29, 0.717) is 12.5 Å². The molecule has 3 N–H and O–H groups in total. The summed E-state index contributed by atoms with van der Waals surface area (Å²) in [6.45, 7) is 5.41. The number of piperidine rings is 1. The number of rotatable bonds is 7. The molecule has 0 bridgehead atoms. The van der Waals surface area contributed by atoms with Crippen LogP contribution in [-0.4, -0.2) is 61.3 Å². The van der Waals surface area contributed by atoms with Crippen molar-refractivity contribution in [1.82, 2.24) is 15.5 Å². The van der Waals surface area contributed by atoms with E-state index in [2.05, 4.69) is 15.5 Å². The average molecular weight is 283 g/mol. The van der Waals surface area contributed by atoms with Crippen LogP contribution in [-0.2, 0) is 4.79 Å². The van der Waals surface area contributed by atoms with Crippen LogP contribution in [0, 0.1) is 5.92 Å². The van der Waals surface area contributed by atoms with Crippen LogP contribution in [0.5, 0.6) is 0 Å². The van der Waals surface area contributed by atoms with Gasteiger partial charge in [-0.15, -0.1) is 0 Å². The van der Waals surface area contributed by atoms with Gasteiger partial charge in [-0.2, -0.15) is 0 Å². The Morgan fingerprint density at radius 1 is 1.30 bits per heavy atom. The van der Waals surface area contributed by atoms with Crippen molar-refractivity contribution >= 4 is 5.91 Å². The zero-order valence-corrected chi connectivity index (χ0v) is 12.4. The van der Waals surface area contributed by atoms with Gasteiger partial charge in [-0.3, -0.25) is 4.79 Å². The predicted molar refractivity (Wildman–Crippen MR) is 79.5 cm³/mol. The van der Waals surface area contributed by atoms with E-state index in [1.54, 1.807) is 0 Å². The highest BCUT2D eigenvalue weighted by Crippen LogP contribution is 2.16. The van der Waals surface area contributed by atoms with Gasteiger partial charge in [-0.1, -0.05) is 0 Å². The highest BCUT2D eigenvalue weighted by atomic mass is 16.2. The van der Waals surface area contributed by atoms with Gasteiger partial charge in [0.1, 0.15) is 0 Å². The van der Waals surface area contributed by atoms with E-state index in [0.717, 1.165) is 51.9 Å². The number of aliphatic hydroxyl groups is 1. The number of hydrogen-bond donors (Lipinski definition) is 3. The minimum Gasteiger partial charge on any atom is -0.396 e. The third-order valence-electron chi connectivity index (χ3n) is 4.43. The van der Waals surface area contributed by atoms with E-state index >= 15 is 0 Å². The molecule has 5 nitrogen and oxygen atoms in total. The fourth-order valence-corrected chi connectivity index (χ4v) is 3.24. The molecule has 0 radical (unpaired) electrons. The molecule has 1 amide bonds. The van der Waals surface area contributed by atoms with Gasteiger partial charge in [0.25, 0.3) is 0 Å². The molecule has 5 heteroatoms. The number of aliphatic hydroxyl groups excluding tert-OH is 1. The molecule has 20 heavy (non-hydrogen) atoms. The van der Waals surface area contributed by atoms with Gasteiger partial charge in [-0.25, -0.2) is 0 Å². The van der Waals surface area contributed by atoms with E-state index in [4.69, 9.17) is 5.11 Å². The topological polar surface area (TPSA) is 64.6 Å². The van der Waals surface area contributed by atoms with Crippen molar-refractivity contribution in [3.63, 3.8) is 0 Å². The van der Waals surface area contributed by atoms with Crippen LogP contribution in [0.1, 0.15) is 38.5 Å². The molecule has 2 aliphatic rings. The lowest BCUT2D eigenvalue weighted by Crippen LogP contribution is -2.45. The summed E-state index contributed by atoms with van der Waals surface area (Å²) < 4.78 is 0. The summed E-state index contributed by atoms with van der Waals surface area (Å²) in [5.41, 5.74) is 0. The molecule has 0 aromatic rings. The van der Waals surface area contributed by atoms with Gasteiger partial charge in [0.15, 0.2) is 0 Å². The Balaban J connectivity index is 1.63. The summed E-state index contributed by atoms with van der Waals surface area (Å²) in [4.78, 5) is 14.4. The third-order valence-corrected chi connectivity index (χ3v) is 4.43. The predicted octanol–water partition coefficient (Wildman–Crippen LogP) is 0.339. The summed E-state index contributed by atoms with van der Waals surface area (Å²) in [6.07, 6.45) is 6.49. The maximum absolute atomic E-state index is 12.0. The molecule has 2 unspecified atom stereocenters. The molecule has 2 heterocycles. The first-order valence-electron chi connectivity index (χ1n) is 8.14. The van der Waals surface area contributed by atoms with Crippen molar-refractivity contribution in [3.8, 4) is 0 Å². The van der Waals surface area contributed by atoms with Gasteiger partial charge in [-0.05, 0) is 64.1 Å². The average Bonchev–Trinajstić information content (AvgIpc) is 3.00. The molecule has 2 rings (SSSR count). The van der Waals surface area contributed by atoms with Gasteiger partial charge in [0, 0.05) is 19.7 Å². The fraction of sp³-hybridized carbons (Fsp3) is 0.933. The minimum atomic E-state index is 0.0410. The number of hydrogen-bond acceptors (Lipinski definition) is 4. The van der Waals surface area contributed by atoms with Crippen molar-refractivity contribution in [2.45, 2.75) is 44.6 Å². The van der Waals surface area contributed by atoms with Crippen LogP contribution < -0.4 is 10.6 Å². The Labute approximate surface area is 122 Å². The monoisotopic (exact) mass is 283 g/mol. The van der Waals surface area contributed by atoms with Gasteiger partial charge < -0.3 is 20.6 Å². The van der Waals surface area contributed by atoms with E-state index in [1.807, 2.05) is 0 Å². The van der Waals surface area contributed by atoms with Crippen LogP contribution in [0.2, 0.25) is 0 Å². The molecule has 2 aliphatic heterocycles. The Morgan fingerprint density at radius 3 is 2.95 bits per heavy atom. The van der Waals surface area contributed by atoms with E-state index in [1.165, 1.54) is 19.4 Å². The Bertz CT molecular complexity index is 293. The number of unbranched alkanes of at least 4 members (excludes halogenated alkanes) is 1. The molecule has 0 spiro atoms. The number of nitrogens with one attached hydrogen (secondary N) is 2. The van der Waals surface area contributed by atoms with E-state index < -0.39 is 0 Å². The highest BCUT2D eigenvalue weighted by molar-refractivity contribution is 5.81. The first-order valence-corrected chi connectivity index (χ1v) is 8.14. The Hall–Kier alpha value is -0.650. The lowest BCUT2D eigenvalue weighted by molar-refractivity contribution is -0.123. The van der Waals surface area contributed by atoms with Crippen molar-refractivity contribution in [2.75, 3.05) is 39.3 Å². The van der Waals surface area contributed by atoms with Crippen molar-refractivity contribution in [3.05, 3.63) is 0 Å². The number of nitrogens with zero attached hydrogens (tertiary/aromatic N) is 1. The molecule has 2 atom stereocenters. The summed E-state index contributed by atoms with van der Waals surface area (Å²) in [5.74, 6) is 0.767.